The van der Waals surface area contributed by atoms with Crippen molar-refractivity contribution in [3.63, 3.8) is 0 Å². The van der Waals surface area contributed by atoms with Gasteiger partial charge >= 0.3 is 12.1 Å². The standard InChI is InChI=1S/C24H19ClF4N2O2/c25-19-13-18(26)12-11-17(19)14-23(33-22(32)24(27,28)29)30-20(15-7-3-1-4-8-15)21(31-23)16-9-5-2-6-10-16/h1-13,20-21,30-31H,14H2. The second kappa shape index (κ2) is 9.13. The molecule has 1 aliphatic heterocycles. The topological polar surface area (TPSA) is 50.4 Å². The summed E-state index contributed by atoms with van der Waals surface area (Å²) in [6.07, 6.45) is -5.49. The number of halogens is 5. The molecular formula is C24H19ClF4N2O2. The lowest BCUT2D eigenvalue weighted by molar-refractivity contribution is -0.218. The fraction of sp³-hybridized carbons (Fsp3) is 0.208. The maximum Gasteiger partial charge on any atom is 0.491 e. The van der Waals surface area contributed by atoms with Gasteiger partial charge in [-0.15, -0.1) is 0 Å². The third kappa shape index (κ3) is 5.19. The number of ether oxygens (including phenoxy) is 1. The van der Waals surface area contributed by atoms with Gasteiger partial charge in [0.15, 0.2) is 0 Å². The first kappa shape index (κ1) is 23.2. The minimum absolute atomic E-state index is 0.000421. The van der Waals surface area contributed by atoms with Crippen molar-refractivity contribution < 1.29 is 27.1 Å². The monoisotopic (exact) mass is 478 g/mol. The molecule has 0 bridgehead atoms. The molecule has 0 radical (unpaired) electrons. The molecule has 33 heavy (non-hydrogen) atoms. The molecule has 0 spiro atoms. The summed E-state index contributed by atoms with van der Waals surface area (Å²) in [5, 5.41) is 6.11. The van der Waals surface area contributed by atoms with Crippen LogP contribution in [0.5, 0.6) is 0 Å². The van der Waals surface area contributed by atoms with E-state index in [1.165, 1.54) is 6.07 Å². The van der Waals surface area contributed by atoms with Gasteiger partial charge in [-0.25, -0.2) is 9.18 Å². The van der Waals surface area contributed by atoms with Crippen molar-refractivity contribution in [2.75, 3.05) is 0 Å². The van der Waals surface area contributed by atoms with Gasteiger partial charge in [0, 0.05) is 11.4 Å². The van der Waals surface area contributed by atoms with Crippen LogP contribution in [0.25, 0.3) is 0 Å². The molecule has 4 nitrogen and oxygen atoms in total. The van der Waals surface area contributed by atoms with Crippen LogP contribution in [0.15, 0.2) is 78.9 Å². The third-order valence-electron chi connectivity index (χ3n) is 5.38. The van der Waals surface area contributed by atoms with Crippen molar-refractivity contribution >= 4 is 17.6 Å². The lowest BCUT2D eigenvalue weighted by Gasteiger charge is -2.31. The van der Waals surface area contributed by atoms with Crippen LogP contribution in [0.4, 0.5) is 17.6 Å². The summed E-state index contributed by atoms with van der Waals surface area (Å²) in [6, 6.07) is 20.6. The van der Waals surface area contributed by atoms with E-state index in [2.05, 4.69) is 10.6 Å². The minimum Gasteiger partial charge on any atom is -0.423 e. The van der Waals surface area contributed by atoms with Crippen LogP contribution in [-0.4, -0.2) is 18.0 Å². The zero-order valence-corrected chi connectivity index (χ0v) is 17.8. The highest BCUT2D eigenvalue weighted by atomic mass is 35.5. The Morgan fingerprint density at radius 2 is 1.42 bits per heavy atom. The number of hydrogen-bond acceptors (Lipinski definition) is 4. The van der Waals surface area contributed by atoms with E-state index in [0.29, 0.717) is 5.56 Å². The minimum atomic E-state index is -5.21. The Bertz CT molecular complexity index is 1080. The maximum absolute atomic E-state index is 13.5. The highest BCUT2D eigenvalue weighted by Crippen LogP contribution is 2.40. The number of hydrogen-bond donors (Lipinski definition) is 2. The summed E-state index contributed by atoms with van der Waals surface area (Å²) < 4.78 is 58.1. The van der Waals surface area contributed by atoms with Crippen molar-refractivity contribution in [3.05, 3.63) is 106 Å². The molecule has 1 fully saturated rings. The Balaban J connectivity index is 1.78. The van der Waals surface area contributed by atoms with Crippen LogP contribution in [0.1, 0.15) is 28.8 Å². The molecule has 1 aliphatic rings. The summed E-state index contributed by atoms with van der Waals surface area (Å²) in [7, 11) is 0. The molecule has 0 aliphatic carbocycles. The number of nitrogens with one attached hydrogen (secondary N) is 2. The first-order valence-electron chi connectivity index (χ1n) is 10.1. The fourth-order valence-corrected chi connectivity index (χ4v) is 4.16. The fourth-order valence-electron chi connectivity index (χ4n) is 3.93. The predicted octanol–water partition coefficient (Wildman–Crippen LogP) is 5.46. The number of benzene rings is 3. The molecular weight excluding hydrogens is 460 g/mol. The zero-order valence-electron chi connectivity index (χ0n) is 17.1. The Kier molecular flexibility index (Phi) is 6.43. The Morgan fingerprint density at radius 3 is 1.88 bits per heavy atom. The Morgan fingerprint density at radius 1 is 0.909 bits per heavy atom. The molecule has 1 saturated heterocycles. The van der Waals surface area contributed by atoms with Crippen molar-refractivity contribution in [1.82, 2.24) is 10.6 Å². The van der Waals surface area contributed by atoms with E-state index in [1.54, 1.807) is 24.3 Å². The number of esters is 1. The smallest absolute Gasteiger partial charge is 0.423 e. The van der Waals surface area contributed by atoms with Gasteiger partial charge in [0.05, 0.1) is 12.1 Å². The number of alkyl halides is 3. The maximum atomic E-state index is 13.5. The van der Waals surface area contributed by atoms with Gasteiger partial charge in [0.1, 0.15) is 5.82 Å². The summed E-state index contributed by atoms with van der Waals surface area (Å²) in [5.74, 6) is -4.92. The van der Waals surface area contributed by atoms with E-state index >= 15 is 0 Å². The molecule has 2 atom stereocenters. The number of rotatable bonds is 5. The van der Waals surface area contributed by atoms with Crippen LogP contribution in [0.2, 0.25) is 5.02 Å². The summed E-state index contributed by atoms with van der Waals surface area (Å²) >= 11 is 6.14. The van der Waals surface area contributed by atoms with Crippen LogP contribution in [0, 0.1) is 5.82 Å². The Hall–Kier alpha value is -2.94. The molecule has 0 aromatic heterocycles. The van der Waals surface area contributed by atoms with Crippen LogP contribution >= 0.6 is 11.6 Å². The molecule has 0 saturated carbocycles. The van der Waals surface area contributed by atoms with Crippen molar-refractivity contribution in [3.8, 4) is 0 Å². The quantitative estimate of drug-likeness (QED) is 0.378. The molecule has 9 heteroatoms. The summed E-state index contributed by atoms with van der Waals surface area (Å²) in [5.41, 5.74) is 1.84. The van der Waals surface area contributed by atoms with Crippen molar-refractivity contribution in [2.45, 2.75) is 30.5 Å². The van der Waals surface area contributed by atoms with Gasteiger partial charge < -0.3 is 4.74 Å². The molecule has 172 valence electrons. The average Bonchev–Trinajstić information content (AvgIpc) is 3.16. The van der Waals surface area contributed by atoms with E-state index in [-0.39, 0.29) is 11.4 Å². The molecule has 1 heterocycles. The van der Waals surface area contributed by atoms with Gasteiger partial charge in [0.2, 0.25) is 5.85 Å². The van der Waals surface area contributed by atoms with Crippen LogP contribution in [0.3, 0.4) is 0 Å². The first-order valence-corrected chi connectivity index (χ1v) is 10.4. The molecule has 4 rings (SSSR count). The highest BCUT2D eigenvalue weighted by molar-refractivity contribution is 6.31. The van der Waals surface area contributed by atoms with E-state index in [4.69, 9.17) is 16.3 Å². The normalized spacial score (nSPS) is 22.8. The van der Waals surface area contributed by atoms with Crippen molar-refractivity contribution in [1.29, 1.82) is 0 Å². The molecule has 3 aromatic rings. The second-order valence-corrected chi connectivity index (χ2v) is 8.10. The zero-order chi connectivity index (χ0) is 23.6. The lowest BCUT2D eigenvalue weighted by atomic mass is 9.95. The van der Waals surface area contributed by atoms with Gasteiger partial charge in [-0.2, -0.15) is 13.2 Å². The van der Waals surface area contributed by atoms with Gasteiger partial charge in [-0.1, -0.05) is 78.3 Å². The SMILES string of the molecule is O=C(OC1(Cc2ccc(F)cc2Cl)NC(c2ccccc2)C(c2ccccc2)N1)C(F)(F)F. The van der Waals surface area contributed by atoms with Gasteiger partial charge in [-0.3, -0.25) is 10.6 Å². The van der Waals surface area contributed by atoms with E-state index < -0.39 is 35.9 Å². The predicted molar refractivity (Wildman–Crippen MR) is 115 cm³/mol. The summed E-state index contributed by atoms with van der Waals surface area (Å²) in [6.45, 7) is 0. The van der Waals surface area contributed by atoms with Crippen molar-refractivity contribution in [2.24, 2.45) is 0 Å². The lowest BCUT2D eigenvalue weighted by Crippen LogP contribution is -2.56. The third-order valence-corrected chi connectivity index (χ3v) is 5.73. The second-order valence-electron chi connectivity index (χ2n) is 7.69. The van der Waals surface area contributed by atoms with Gasteiger partial charge in [-0.05, 0) is 28.8 Å². The Labute approximate surface area is 192 Å². The molecule has 2 N–H and O–H groups in total. The van der Waals surface area contributed by atoms with Crippen LogP contribution < -0.4 is 10.6 Å². The average molecular weight is 479 g/mol. The molecule has 3 aromatic carbocycles. The van der Waals surface area contributed by atoms with E-state index in [1.807, 2.05) is 36.4 Å². The molecule has 0 amide bonds. The summed E-state index contributed by atoms with van der Waals surface area (Å²) in [4.78, 5) is 11.9. The molecule has 2 unspecified atom stereocenters. The number of carbonyl (C=O) groups excluding carboxylic acids is 1. The van der Waals surface area contributed by atoms with Gasteiger partial charge in [0.25, 0.3) is 0 Å². The van der Waals surface area contributed by atoms with E-state index in [9.17, 15) is 22.4 Å². The highest BCUT2D eigenvalue weighted by Gasteiger charge is 2.53. The van der Waals surface area contributed by atoms with Crippen LogP contribution in [-0.2, 0) is 16.0 Å². The first-order chi connectivity index (χ1) is 15.7. The van der Waals surface area contributed by atoms with E-state index in [0.717, 1.165) is 23.3 Å². The largest absolute Gasteiger partial charge is 0.491 e. The number of carbonyl (C=O) groups is 1.